The topological polar surface area (TPSA) is 74.0 Å². The standard InChI is InChI=1S/C13H15BrFN3O2S/c1-2-16-7-10-5-11(8-17-10)21(19,20)18-9-3-4-12(14)13(15)6-9/h3-6,8,16-18H,2,7H2,1H3. The van der Waals surface area contributed by atoms with Gasteiger partial charge in [-0.2, -0.15) is 0 Å². The zero-order valence-corrected chi connectivity index (χ0v) is 13.7. The second-order valence-electron chi connectivity index (χ2n) is 4.38. The second kappa shape index (κ2) is 6.59. The molecule has 0 aliphatic rings. The zero-order chi connectivity index (χ0) is 15.5. The summed E-state index contributed by atoms with van der Waals surface area (Å²) in [7, 11) is -3.74. The highest BCUT2D eigenvalue weighted by Crippen LogP contribution is 2.22. The molecule has 0 fully saturated rings. The normalized spacial score (nSPS) is 11.6. The van der Waals surface area contributed by atoms with Crippen LogP contribution in [0.25, 0.3) is 0 Å². The minimum Gasteiger partial charge on any atom is -0.363 e. The highest BCUT2D eigenvalue weighted by atomic mass is 79.9. The lowest BCUT2D eigenvalue weighted by atomic mass is 10.3. The molecule has 0 saturated carbocycles. The molecule has 21 heavy (non-hydrogen) atoms. The first-order valence-corrected chi connectivity index (χ1v) is 8.56. The number of nitrogens with one attached hydrogen (secondary N) is 3. The molecule has 0 amide bonds. The van der Waals surface area contributed by atoms with Gasteiger partial charge in [-0.3, -0.25) is 4.72 Å². The Kier molecular flexibility index (Phi) is 5.02. The number of benzene rings is 1. The fourth-order valence-corrected chi connectivity index (χ4v) is 3.02. The van der Waals surface area contributed by atoms with Crippen molar-refractivity contribution in [2.45, 2.75) is 18.4 Å². The van der Waals surface area contributed by atoms with Crippen LogP contribution in [-0.2, 0) is 16.6 Å². The minimum atomic E-state index is -3.74. The molecule has 8 heteroatoms. The average molecular weight is 376 g/mol. The van der Waals surface area contributed by atoms with Crippen LogP contribution < -0.4 is 10.0 Å². The van der Waals surface area contributed by atoms with Crippen molar-refractivity contribution in [3.8, 4) is 0 Å². The SMILES string of the molecule is CCNCc1cc(S(=O)(=O)Nc2ccc(Br)c(F)c2)c[nH]1. The van der Waals surface area contributed by atoms with Gasteiger partial charge >= 0.3 is 0 Å². The Bertz CT molecular complexity index is 731. The van der Waals surface area contributed by atoms with E-state index in [-0.39, 0.29) is 15.1 Å². The third-order valence-electron chi connectivity index (χ3n) is 2.76. The smallest absolute Gasteiger partial charge is 0.263 e. The molecule has 0 aliphatic heterocycles. The Morgan fingerprint density at radius 3 is 2.76 bits per heavy atom. The molecule has 0 radical (unpaired) electrons. The first-order valence-electron chi connectivity index (χ1n) is 6.28. The molecular formula is C13H15BrFN3O2S. The molecule has 0 atom stereocenters. The van der Waals surface area contributed by atoms with E-state index in [0.29, 0.717) is 6.54 Å². The van der Waals surface area contributed by atoms with Crippen LogP contribution in [0.5, 0.6) is 0 Å². The molecule has 1 heterocycles. The molecule has 3 N–H and O–H groups in total. The summed E-state index contributed by atoms with van der Waals surface area (Å²) in [6, 6.07) is 5.59. The van der Waals surface area contributed by atoms with Crippen molar-refractivity contribution in [2.75, 3.05) is 11.3 Å². The summed E-state index contributed by atoms with van der Waals surface area (Å²) >= 11 is 3.02. The van der Waals surface area contributed by atoms with Gasteiger partial charge in [0.25, 0.3) is 10.0 Å². The predicted molar refractivity (Wildman–Crippen MR) is 83.1 cm³/mol. The van der Waals surface area contributed by atoms with Crippen molar-refractivity contribution in [1.82, 2.24) is 10.3 Å². The van der Waals surface area contributed by atoms with Crippen LogP contribution in [0.1, 0.15) is 12.6 Å². The summed E-state index contributed by atoms with van der Waals surface area (Å²) in [5.74, 6) is -0.530. The summed E-state index contributed by atoms with van der Waals surface area (Å²) in [6.45, 7) is 3.31. The van der Waals surface area contributed by atoms with E-state index in [9.17, 15) is 12.8 Å². The van der Waals surface area contributed by atoms with Crippen LogP contribution in [0.2, 0.25) is 0 Å². The molecule has 0 aliphatic carbocycles. The molecule has 5 nitrogen and oxygen atoms in total. The summed E-state index contributed by atoms with van der Waals surface area (Å²) in [6.07, 6.45) is 1.41. The zero-order valence-electron chi connectivity index (χ0n) is 11.3. The highest BCUT2D eigenvalue weighted by Gasteiger charge is 2.16. The third-order valence-corrected chi connectivity index (χ3v) is 4.77. The Hall–Kier alpha value is -1.38. The van der Waals surface area contributed by atoms with Crippen LogP contribution >= 0.6 is 15.9 Å². The van der Waals surface area contributed by atoms with E-state index < -0.39 is 15.8 Å². The van der Waals surface area contributed by atoms with Crippen molar-refractivity contribution in [3.05, 3.63) is 46.4 Å². The van der Waals surface area contributed by atoms with Gasteiger partial charge in [0, 0.05) is 18.4 Å². The van der Waals surface area contributed by atoms with E-state index in [1.54, 1.807) is 6.07 Å². The van der Waals surface area contributed by atoms with Crippen LogP contribution in [0, 0.1) is 5.82 Å². The lowest BCUT2D eigenvalue weighted by Crippen LogP contribution is -2.13. The van der Waals surface area contributed by atoms with Gasteiger partial charge < -0.3 is 10.3 Å². The van der Waals surface area contributed by atoms with Gasteiger partial charge in [0.05, 0.1) is 10.2 Å². The quantitative estimate of drug-likeness (QED) is 0.726. The number of sulfonamides is 1. The van der Waals surface area contributed by atoms with Crippen molar-refractivity contribution in [1.29, 1.82) is 0 Å². The first kappa shape index (κ1) is 16.0. The van der Waals surface area contributed by atoms with Gasteiger partial charge in [0.2, 0.25) is 0 Å². The fraction of sp³-hybridized carbons (Fsp3) is 0.231. The molecular weight excluding hydrogens is 361 g/mol. The maximum absolute atomic E-state index is 13.4. The van der Waals surface area contributed by atoms with Crippen molar-refractivity contribution in [2.24, 2.45) is 0 Å². The van der Waals surface area contributed by atoms with Gasteiger partial charge in [-0.25, -0.2) is 12.8 Å². The van der Waals surface area contributed by atoms with Gasteiger partial charge in [0.1, 0.15) is 10.7 Å². The van der Waals surface area contributed by atoms with Crippen molar-refractivity contribution >= 4 is 31.6 Å². The minimum absolute atomic E-state index is 0.110. The third kappa shape index (κ3) is 4.05. The number of halogens is 2. The van der Waals surface area contributed by atoms with Gasteiger partial charge in [-0.1, -0.05) is 6.92 Å². The largest absolute Gasteiger partial charge is 0.363 e. The van der Waals surface area contributed by atoms with Gasteiger partial charge in [0.15, 0.2) is 0 Å². The summed E-state index contributed by atoms with van der Waals surface area (Å²) in [5, 5.41) is 3.09. The number of hydrogen-bond donors (Lipinski definition) is 3. The van der Waals surface area contributed by atoms with Crippen molar-refractivity contribution < 1.29 is 12.8 Å². The maximum atomic E-state index is 13.4. The number of aromatic nitrogens is 1. The molecule has 0 spiro atoms. The Morgan fingerprint density at radius 1 is 1.33 bits per heavy atom. The molecule has 1 aromatic carbocycles. The summed E-state index contributed by atoms with van der Waals surface area (Å²) < 4.78 is 40.4. The molecule has 2 rings (SSSR count). The Balaban J connectivity index is 2.17. The van der Waals surface area contributed by atoms with Gasteiger partial charge in [-0.15, -0.1) is 0 Å². The first-order chi connectivity index (χ1) is 9.92. The number of hydrogen-bond acceptors (Lipinski definition) is 3. The van der Waals surface area contributed by atoms with E-state index in [4.69, 9.17) is 0 Å². The lowest BCUT2D eigenvalue weighted by Gasteiger charge is -2.07. The van der Waals surface area contributed by atoms with Crippen LogP contribution in [0.3, 0.4) is 0 Å². The highest BCUT2D eigenvalue weighted by molar-refractivity contribution is 9.10. The van der Waals surface area contributed by atoms with E-state index >= 15 is 0 Å². The van der Waals surface area contributed by atoms with E-state index in [2.05, 4.69) is 31.0 Å². The second-order valence-corrected chi connectivity index (χ2v) is 6.91. The number of H-pyrrole nitrogens is 1. The predicted octanol–water partition coefficient (Wildman–Crippen LogP) is 2.83. The van der Waals surface area contributed by atoms with Crippen LogP contribution in [-0.4, -0.2) is 19.9 Å². The fourth-order valence-electron chi connectivity index (χ4n) is 1.71. The van der Waals surface area contributed by atoms with Crippen LogP contribution in [0.4, 0.5) is 10.1 Å². The molecule has 114 valence electrons. The van der Waals surface area contributed by atoms with E-state index in [1.165, 1.54) is 18.3 Å². The Morgan fingerprint density at radius 2 is 2.10 bits per heavy atom. The van der Waals surface area contributed by atoms with Crippen LogP contribution in [0.15, 0.2) is 39.8 Å². The molecule has 2 aromatic rings. The number of anilines is 1. The number of aromatic amines is 1. The lowest BCUT2D eigenvalue weighted by molar-refractivity contribution is 0.601. The number of rotatable bonds is 6. The average Bonchev–Trinajstić information content (AvgIpc) is 2.90. The summed E-state index contributed by atoms with van der Waals surface area (Å²) in [5.41, 5.74) is 0.935. The molecule has 1 aromatic heterocycles. The molecule has 0 saturated heterocycles. The molecule has 0 unspecified atom stereocenters. The Labute approximate surface area is 131 Å². The van der Waals surface area contributed by atoms with Crippen molar-refractivity contribution in [3.63, 3.8) is 0 Å². The monoisotopic (exact) mass is 375 g/mol. The van der Waals surface area contributed by atoms with E-state index in [0.717, 1.165) is 18.3 Å². The maximum Gasteiger partial charge on any atom is 0.263 e. The van der Waals surface area contributed by atoms with E-state index in [1.807, 2.05) is 6.92 Å². The summed E-state index contributed by atoms with van der Waals surface area (Å²) in [4.78, 5) is 3.00. The van der Waals surface area contributed by atoms with Gasteiger partial charge in [-0.05, 0) is 46.7 Å². The molecule has 0 bridgehead atoms.